The summed E-state index contributed by atoms with van der Waals surface area (Å²) in [6, 6.07) is 21.1. The molecule has 0 saturated carbocycles. The summed E-state index contributed by atoms with van der Waals surface area (Å²) in [4.78, 5) is 0. The summed E-state index contributed by atoms with van der Waals surface area (Å²) in [5, 5.41) is 23.3. The molecular formula is C22H25NO3. The number of benzene rings is 2. The third-order valence-corrected chi connectivity index (χ3v) is 4.55. The summed E-state index contributed by atoms with van der Waals surface area (Å²) in [6.45, 7) is 4.24. The minimum absolute atomic E-state index is 0.101. The van der Waals surface area contributed by atoms with Gasteiger partial charge in [0.25, 0.3) is 0 Å². The molecule has 2 aromatic carbocycles. The SMILES string of the molecule is CC(O)c1ccc(-c2ccc(CNC(C)C(O)c3ccccc3)o2)cc1. The zero-order chi connectivity index (χ0) is 18.5. The van der Waals surface area contributed by atoms with E-state index in [1.165, 1.54) is 0 Å². The van der Waals surface area contributed by atoms with Crippen molar-refractivity contribution in [1.82, 2.24) is 5.32 Å². The maximum absolute atomic E-state index is 10.4. The highest BCUT2D eigenvalue weighted by molar-refractivity contribution is 5.58. The van der Waals surface area contributed by atoms with Gasteiger partial charge in [0, 0.05) is 11.6 Å². The van der Waals surface area contributed by atoms with E-state index in [0.29, 0.717) is 6.54 Å². The highest BCUT2D eigenvalue weighted by Gasteiger charge is 2.16. The first-order valence-electron chi connectivity index (χ1n) is 8.88. The molecule has 0 amide bonds. The molecular weight excluding hydrogens is 326 g/mol. The van der Waals surface area contributed by atoms with E-state index in [1.54, 1.807) is 6.92 Å². The highest BCUT2D eigenvalue weighted by Crippen LogP contribution is 2.24. The predicted molar refractivity (Wildman–Crippen MR) is 102 cm³/mol. The Morgan fingerprint density at radius 2 is 1.54 bits per heavy atom. The molecule has 4 heteroatoms. The largest absolute Gasteiger partial charge is 0.460 e. The maximum atomic E-state index is 10.4. The number of nitrogens with one attached hydrogen (secondary N) is 1. The van der Waals surface area contributed by atoms with Crippen molar-refractivity contribution in [2.45, 2.75) is 38.6 Å². The van der Waals surface area contributed by atoms with Gasteiger partial charge in [-0.2, -0.15) is 0 Å². The number of aliphatic hydroxyl groups excluding tert-OH is 2. The van der Waals surface area contributed by atoms with Crippen LogP contribution in [0.4, 0.5) is 0 Å². The summed E-state index contributed by atoms with van der Waals surface area (Å²) >= 11 is 0. The lowest BCUT2D eigenvalue weighted by atomic mass is 10.0. The van der Waals surface area contributed by atoms with Crippen LogP contribution in [0.2, 0.25) is 0 Å². The molecule has 136 valence electrons. The molecule has 0 aliphatic rings. The number of hydrogen-bond donors (Lipinski definition) is 3. The van der Waals surface area contributed by atoms with Crippen LogP contribution in [-0.4, -0.2) is 16.3 Å². The Kier molecular flexibility index (Phi) is 5.89. The Balaban J connectivity index is 1.60. The molecule has 4 nitrogen and oxygen atoms in total. The summed E-state index contributed by atoms with van der Waals surface area (Å²) in [5.41, 5.74) is 2.75. The maximum Gasteiger partial charge on any atom is 0.134 e. The van der Waals surface area contributed by atoms with Crippen LogP contribution in [0.1, 0.15) is 42.9 Å². The first-order chi connectivity index (χ1) is 12.5. The van der Waals surface area contributed by atoms with E-state index in [2.05, 4.69) is 5.32 Å². The quantitative estimate of drug-likeness (QED) is 0.596. The second-order valence-electron chi connectivity index (χ2n) is 6.59. The lowest BCUT2D eigenvalue weighted by Crippen LogP contribution is -2.31. The van der Waals surface area contributed by atoms with E-state index in [0.717, 1.165) is 28.2 Å². The van der Waals surface area contributed by atoms with Crippen LogP contribution in [0.25, 0.3) is 11.3 Å². The lowest BCUT2D eigenvalue weighted by Gasteiger charge is -2.20. The third-order valence-electron chi connectivity index (χ3n) is 4.55. The van der Waals surface area contributed by atoms with Crippen molar-refractivity contribution in [3.8, 4) is 11.3 Å². The van der Waals surface area contributed by atoms with Crippen molar-refractivity contribution in [2.24, 2.45) is 0 Å². The third kappa shape index (κ3) is 4.41. The molecule has 26 heavy (non-hydrogen) atoms. The molecule has 1 aromatic heterocycles. The molecule has 0 fully saturated rings. The van der Waals surface area contributed by atoms with Gasteiger partial charge in [0.05, 0.1) is 18.8 Å². The fourth-order valence-electron chi connectivity index (χ4n) is 2.87. The second kappa shape index (κ2) is 8.32. The second-order valence-corrected chi connectivity index (χ2v) is 6.59. The van der Waals surface area contributed by atoms with E-state index in [-0.39, 0.29) is 6.04 Å². The molecule has 0 saturated heterocycles. The van der Waals surface area contributed by atoms with Crippen LogP contribution >= 0.6 is 0 Å². The van der Waals surface area contributed by atoms with Gasteiger partial charge in [-0.3, -0.25) is 0 Å². The van der Waals surface area contributed by atoms with E-state index in [4.69, 9.17) is 4.42 Å². The van der Waals surface area contributed by atoms with Crippen LogP contribution in [-0.2, 0) is 6.54 Å². The van der Waals surface area contributed by atoms with Gasteiger partial charge < -0.3 is 19.9 Å². The van der Waals surface area contributed by atoms with Gasteiger partial charge in [0.15, 0.2) is 0 Å². The molecule has 3 N–H and O–H groups in total. The van der Waals surface area contributed by atoms with Gasteiger partial charge in [-0.15, -0.1) is 0 Å². The zero-order valence-electron chi connectivity index (χ0n) is 15.1. The van der Waals surface area contributed by atoms with Gasteiger partial charge >= 0.3 is 0 Å². The van der Waals surface area contributed by atoms with Crippen LogP contribution in [0, 0.1) is 0 Å². The number of aliphatic hydroxyl groups is 2. The number of rotatable bonds is 7. The molecule has 3 rings (SSSR count). The van der Waals surface area contributed by atoms with Crippen LogP contribution < -0.4 is 5.32 Å². The monoisotopic (exact) mass is 351 g/mol. The van der Waals surface area contributed by atoms with Gasteiger partial charge in [-0.05, 0) is 37.1 Å². The molecule has 3 atom stereocenters. The molecule has 3 aromatic rings. The van der Waals surface area contributed by atoms with Crippen LogP contribution in [0.3, 0.4) is 0 Å². The van der Waals surface area contributed by atoms with Crippen molar-refractivity contribution >= 4 is 0 Å². The minimum Gasteiger partial charge on any atom is -0.460 e. The van der Waals surface area contributed by atoms with E-state index < -0.39 is 12.2 Å². The van der Waals surface area contributed by atoms with E-state index in [1.807, 2.05) is 73.7 Å². The number of furan rings is 1. The summed E-state index contributed by atoms with van der Waals surface area (Å²) in [6.07, 6.45) is -1.04. The minimum atomic E-state index is -0.571. The average molecular weight is 351 g/mol. The summed E-state index contributed by atoms with van der Waals surface area (Å²) in [5.74, 6) is 1.60. The van der Waals surface area contributed by atoms with Gasteiger partial charge in [-0.25, -0.2) is 0 Å². The van der Waals surface area contributed by atoms with E-state index in [9.17, 15) is 10.2 Å². The fraction of sp³-hybridized carbons (Fsp3) is 0.273. The molecule has 0 aliphatic carbocycles. The van der Waals surface area contributed by atoms with Gasteiger partial charge in [-0.1, -0.05) is 54.6 Å². The molecule has 0 radical (unpaired) electrons. The van der Waals surface area contributed by atoms with Crippen molar-refractivity contribution in [2.75, 3.05) is 0 Å². The van der Waals surface area contributed by atoms with Crippen molar-refractivity contribution in [3.05, 3.63) is 83.6 Å². The fourth-order valence-corrected chi connectivity index (χ4v) is 2.87. The summed E-state index contributed by atoms with van der Waals surface area (Å²) in [7, 11) is 0. The molecule has 3 unspecified atom stereocenters. The smallest absolute Gasteiger partial charge is 0.134 e. The predicted octanol–water partition coefficient (Wildman–Crippen LogP) is 4.21. The first kappa shape index (κ1) is 18.4. The van der Waals surface area contributed by atoms with Crippen molar-refractivity contribution in [3.63, 3.8) is 0 Å². The molecule has 0 bridgehead atoms. The lowest BCUT2D eigenvalue weighted by molar-refractivity contribution is 0.134. The molecule has 0 aliphatic heterocycles. The Morgan fingerprint density at radius 3 is 2.19 bits per heavy atom. The standard InChI is InChI=1S/C22H25NO3/c1-15(22(25)19-6-4-3-5-7-19)23-14-20-12-13-21(26-20)18-10-8-17(9-11-18)16(2)24/h3-13,15-16,22-25H,14H2,1-2H3. The first-order valence-corrected chi connectivity index (χ1v) is 8.88. The Bertz CT molecular complexity index is 809. The van der Waals surface area contributed by atoms with Crippen LogP contribution in [0.5, 0.6) is 0 Å². The molecule has 0 spiro atoms. The Hall–Kier alpha value is -2.40. The highest BCUT2D eigenvalue weighted by atomic mass is 16.3. The van der Waals surface area contributed by atoms with Crippen molar-refractivity contribution in [1.29, 1.82) is 0 Å². The molecule has 1 heterocycles. The van der Waals surface area contributed by atoms with Crippen molar-refractivity contribution < 1.29 is 14.6 Å². The topological polar surface area (TPSA) is 65.6 Å². The Morgan fingerprint density at radius 1 is 0.846 bits per heavy atom. The zero-order valence-corrected chi connectivity index (χ0v) is 15.1. The number of hydrogen-bond acceptors (Lipinski definition) is 4. The van der Waals surface area contributed by atoms with Crippen LogP contribution in [0.15, 0.2) is 71.1 Å². The average Bonchev–Trinajstić information content (AvgIpc) is 3.15. The normalized spacial score (nSPS) is 14.8. The Labute approximate surface area is 154 Å². The van der Waals surface area contributed by atoms with E-state index >= 15 is 0 Å². The summed E-state index contributed by atoms with van der Waals surface area (Å²) < 4.78 is 5.90. The van der Waals surface area contributed by atoms with Gasteiger partial charge in [0.2, 0.25) is 0 Å². The van der Waals surface area contributed by atoms with Gasteiger partial charge in [0.1, 0.15) is 11.5 Å².